The average molecular weight is 329 g/mol. The van der Waals surface area contributed by atoms with Crippen molar-refractivity contribution in [2.75, 3.05) is 0 Å². The van der Waals surface area contributed by atoms with Gasteiger partial charge in [-0.2, -0.15) is 11.3 Å². The summed E-state index contributed by atoms with van der Waals surface area (Å²) in [5, 5.41) is 4.49. The quantitative estimate of drug-likeness (QED) is 0.603. The second-order valence-corrected chi connectivity index (χ2v) is 8.62. The fourth-order valence-electron chi connectivity index (χ4n) is 3.28. The van der Waals surface area contributed by atoms with E-state index in [1.807, 2.05) is 11.3 Å². The fourth-order valence-corrected chi connectivity index (χ4v) is 5.60. The molecule has 2 heteroatoms. The van der Waals surface area contributed by atoms with Crippen molar-refractivity contribution in [3.8, 4) is 0 Å². The molecule has 1 fully saturated rings. The van der Waals surface area contributed by atoms with E-state index in [2.05, 4.69) is 53.5 Å². The molecule has 0 spiro atoms. The topological polar surface area (TPSA) is 0 Å². The summed E-state index contributed by atoms with van der Waals surface area (Å²) in [6.07, 6.45) is 6.71. The van der Waals surface area contributed by atoms with Gasteiger partial charge in [0, 0.05) is 4.83 Å². The van der Waals surface area contributed by atoms with Crippen LogP contribution in [0, 0.1) is 17.3 Å². The first-order valence-corrected chi connectivity index (χ1v) is 9.00. The van der Waals surface area contributed by atoms with Crippen LogP contribution in [0.4, 0.5) is 0 Å². The highest BCUT2D eigenvalue weighted by Gasteiger charge is 2.37. The van der Waals surface area contributed by atoms with Crippen molar-refractivity contribution < 1.29 is 0 Å². The third-order valence-electron chi connectivity index (χ3n) is 4.68. The van der Waals surface area contributed by atoms with E-state index in [1.165, 1.54) is 37.7 Å². The molecule has 1 saturated carbocycles. The lowest BCUT2D eigenvalue weighted by molar-refractivity contribution is 0.137. The number of alkyl halides is 1. The summed E-state index contributed by atoms with van der Waals surface area (Å²) in [6, 6.07) is 2.27. The Hall–Kier alpha value is 0.180. The van der Waals surface area contributed by atoms with Gasteiger partial charge in [0.1, 0.15) is 0 Å². The van der Waals surface area contributed by atoms with Crippen molar-refractivity contribution in [3.05, 3.63) is 22.4 Å². The summed E-state index contributed by atoms with van der Waals surface area (Å²) in [4.78, 5) is 0.721. The van der Waals surface area contributed by atoms with Crippen molar-refractivity contribution in [2.24, 2.45) is 17.3 Å². The summed E-state index contributed by atoms with van der Waals surface area (Å²) in [5.41, 5.74) is 1.97. The number of hydrogen-bond donors (Lipinski definition) is 0. The Morgan fingerprint density at radius 2 is 2.17 bits per heavy atom. The standard InChI is InChI=1S/C16H25BrS/c1-12-4-5-14(15(17)10-12)16(2,3)8-6-13-7-9-18-11-13/h7,9,11-12,14-15H,4-6,8,10H2,1-3H3. The Morgan fingerprint density at radius 3 is 2.78 bits per heavy atom. The normalized spacial score (nSPS) is 29.4. The molecule has 3 atom stereocenters. The number of rotatable bonds is 4. The van der Waals surface area contributed by atoms with Crippen LogP contribution in [0.2, 0.25) is 0 Å². The molecule has 0 nitrogen and oxygen atoms in total. The molecule has 3 unspecified atom stereocenters. The van der Waals surface area contributed by atoms with Gasteiger partial charge in [-0.05, 0) is 65.3 Å². The van der Waals surface area contributed by atoms with Crippen molar-refractivity contribution in [1.29, 1.82) is 0 Å². The third kappa shape index (κ3) is 3.60. The monoisotopic (exact) mass is 328 g/mol. The van der Waals surface area contributed by atoms with Gasteiger partial charge in [0.2, 0.25) is 0 Å². The summed E-state index contributed by atoms with van der Waals surface area (Å²) in [6.45, 7) is 7.32. The second-order valence-electron chi connectivity index (χ2n) is 6.66. The van der Waals surface area contributed by atoms with E-state index in [9.17, 15) is 0 Å². The van der Waals surface area contributed by atoms with Crippen molar-refractivity contribution in [2.45, 2.75) is 57.7 Å². The first-order valence-electron chi connectivity index (χ1n) is 7.14. The molecule has 0 amide bonds. The molecule has 0 radical (unpaired) electrons. The second kappa shape index (κ2) is 6.09. The first-order chi connectivity index (χ1) is 8.49. The Kier molecular flexibility index (Phi) is 4.93. The molecule has 2 rings (SSSR count). The van der Waals surface area contributed by atoms with Crippen LogP contribution in [-0.2, 0) is 6.42 Å². The van der Waals surface area contributed by atoms with E-state index in [0.29, 0.717) is 5.41 Å². The summed E-state index contributed by atoms with van der Waals surface area (Å²) < 4.78 is 0. The molecule has 0 N–H and O–H groups in total. The zero-order chi connectivity index (χ0) is 13.2. The van der Waals surface area contributed by atoms with Crippen molar-refractivity contribution in [1.82, 2.24) is 0 Å². The van der Waals surface area contributed by atoms with Crippen LogP contribution in [0.1, 0.15) is 52.0 Å². The molecular weight excluding hydrogens is 304 g/mol. The highest BCUT2D eigenvalue weighted by molar-refractivity contribution is 9.09. The SMILES string of the molecule is CC1CCC(C(C)(C)CCc2ccsc2)C(Br)C1. The highest BCUT2D eigenvalue weighted by atomic mass is 79.9. The largest absolute Gasteiger partial charge is 0.152 e. The molecule has 18 heavy (non-hydrogen) atoms. The van der Waals surface area contributed by atoms with Gasteiger partial charge in [-0.3, -0.25) is 0 Å². The Morgan fingerprint density at radius 1 is 1.39 bits per heavy atom. The van der Waals surface area contributed by atoms with Gasteiger partial charge in [0.25, 0.3) is 0 Å². The maximum atomic E-state index is 3.95. The van der Waals surface area contributed by atoms with Crippen LogP contribution >= 0.6 is 27.3 Å². The average Bonchev–Trinajstić information content (AvgIpc) is 2.78. The number of thiophene rings is 1. The zero-order valence-corrected chi connectivity index (χ0v) is 14.2. The maximum absolute atomic E-state index is 3.95. The smallest absolute Gasteiger partial charge is 0.0181 e. The van der Waals surface area contributed by atoms with E-state index in [4.69, 9.17) is 0 Å². The van der Waals surface area contributed by atoms with Gasteiger partial charge in [-0.15, -0.1) is 0 Å². The molecule has 1 aliphatic rings. The Bertz CT molecular complexity index is 355. The zero-order valence-electron chi connectivity index (χ0n) is 11.8. The third-order valence-corrected chi connectivity index (χ3v) is 6.42. The molecule has 1 aromatic heterocycles. The van der Waals surface area contributed by atoms with Crippen LogP contribution < -0.4 is 0 Å². The Labute approximate surface area is 124 Å². The van der Waals surface area contributed by atoms with E-state index in [0.717, 1.165) is 16.7 Å². The van der Waals surface area contributed by atoms with Gasteiger partial charge in [0.15, 0.2) is 0 Å². The number of aryl methyl sites for hydroxylation is 1. The van der Waals surface area contributed by atoms with Gasteiger partial charge in [-0.1, -0.05) is 43.1 Å². The van der Waals surface area contributed by atoms with Crippen LogP contribution in [0.25, 0.3) is 0 Å². The molecule has 1 aliphatic carbocycles. The minimum absolute atomic E-state index is 0.455. The molecule has 0 saturated heterocycles. The predicted octanol–water partition coefficient (Wildman–Crippen LogP) is 5.91. The number of hydrogen-bond acceptors (Lipinski definition) is 1. The van der Waals surface area contributed by atoms with Gasteiger partial charge < -0.3 is 0 Å². The maximum Gasteiger partial charge on any atom is 0.0181 e. The van der Waals surface area contributed by atoms with E-state index in [-0.39, 0.29) is 0 Å². The molecular formula is C16H25BrS. The van der Waals surface area contributed by atoms with Crippen molar-refractivity contribution in [3.63, 3.8) is 0 Å². The first kappa shape index (κ1) is 14.6. The lowest BCUT2D eigenvalue weighted by atomic mass is 9.67. The molecule has 0 aromatic carbocycles. The fraction of sp³-hybridized carbons (Fsp3) is 0.750. The van der Waals surface area contributed by atoms with Gasteiger partial charge in [-0.25, -0.2) is 0 Å². The van der Waals surface area contributed by atoms with Crippen LogP contribution in [0.3, 0.4) is 0 Å². The number of halogens is 1. The summed E-state index contributed by atoms with van der Waals surface area (Å²) >= 11 is 5.77. The van der Waals surface area contributed by atoms with E-state index >= 15 is 0 Å². The Balaban J connectivity index is 1.93. The highest BCUT2D eigenvalue weighted by Crippen LogP contribution is 2.45. The summed E-state index contributed by atoms with van der Waals surface area (Å²) in [7, 11) is 0. The molecule has 0 bridgehead atoms. The van der Waals surface area contributed by atoms with Gasteiger partial charge in [0.05, 0.1) is 0 Å². The van der Waals surface area contributed by atoms with E-state index < -0.39 is 0 Å². The van der Waals surface area contributed by atoms with Crippen LogP contribution in [0.15, 0.2) is 16.8 Å². The van der Waals surface area contributed by atoms with Crippen LogP contribution in [0.5, 0.6) is 0 Å². The minimum atomic E-state index is 0.455. The predicted molar refractivity (Wildman–Crippen MR) is 85.6 cm³/mol. The van der Waals surface area contributed by atoms with Crippen molar-refractivity contribution >= 4 is 27.3 Å². The lowest BCUT2D eigenvalue weighted by Gasteiger charge is -2.42. The molecule has 1 heterocycles. The van der Waals surface area contributed by atoms with Crippen LogP contribution in [-0.4, -0.2) is 4.83 Å². The molecule has 102 valence electrons. The molecule has 0 aliphatic heterocycles. The lowest BCUT2D eigenvalue weighted by Crippen LogP contribution is -2.36. The minimum Gasteiger partial charge on any atom is -0.152 e. The molecule has 1 aromatic rings. The van der Waals surface area contributed by atoms with Gasteiger partial charge >= 0.3 is 0 Å². The summed E-state index contributed by atoms with van der Waals surface area (Å²) in [5.74, 6) is 1.74. The van der Waals surface area contributed by atoms with E-state index in [1.54, 1.807) is 0 Å².